The van der Waals surface area contributed by atoms with Gasteiger partial charge in [0.2, 0.25) is 0 Å². The molecule has 0 unspecified atom stereocenters. The Hall–Kier alpha value is -1.43. The molecule has 0 spiro atoms. The molecule has 0 saturated carbocycles. The first-order valence-corrected chi connectivity index (χ1v) is 5.78. The fraction of sp³-hybridized carbons (Fsp3) is 0.300. The molecule has 0 radical (unpaired) electrons. The van der Waals surface area contributed by atoms with Crippen molar-refractivity contribution in [1.29, 1.82) is 0 Å². The second-order valence-electron chi connectivity index (χ2n) is 3.29. The summed E-state index contributed by atoms with van der Waals surface area (Å²) < 4.78 is 2.63. The lowest BCUT2D eigenvalue weighted by Gasteiger charge is -2.06. The standard InChI is InChI=1S/C10H12BrN5/c1-3-12-9-4-10(15-7(2)14-9)16-6-8(11)5-13-16/h4-6H,3H2,1-2H3,(H,12,14,15). The van der Waals surface area contributed by atoms with Gasteiger partial charge in [-0.25, -0.2) is 14.6 Å². The van der Waals surface area contributed by atoms with Crippen LogP contribution in [0, 0.1) is 6.92 Å². The van der Waals surface area contributed by atoms with E-state index in [1.54, 1.807) is 10.9 Å². The molecule has 0 atom stereocenters. The Kier molecular flexibility index (Phi) is 3.19. The highest BCUT2D eigenvalue weighted by Gasteiger charge is 2.04. The zero-order valence-electron chi connectivity index (χ0n) is 9.11. The summed E-state index contributed by atoms with van der Waals surface area (Å²) in [6.07, 6.45) is 3.59. The molecule has 16 heavy (non-hydrogen) atoms. The fourth-order valence-corrected chi connectivity index (χ4v) is 1.65. The van der Waals surface area contributed by atoms with Crippen molar-refractivity contribution < 1.29 is 0 Å². The number of halogens is 1. The first kappa shape index (κ1) is 11.1. The summed E-state index contributed by atoms with van der Waals surface area (Å²) in [7, 11) is 0. The molecule has 2 aromatic rings. The average molecular weight is 282 g/mol. The number of nitrogens with one attached hydrogen (secondary N) is 1. The van der Waals surface area contributed by atoms with Gasteiger partial charge in [-0.3, -0.25) is 0 Å². The summed E-state index contributed by atoms with van der Waals surface area (Å²) in [6, 6.07) is 1.87. The largest absolute Gasteiger partial charge is 0.370 e. The summed E-state index contributed by atoms with van der Waals surface area (Å²) in [4.78, 5) is 8.61. The Balaban J connectivity index is 2.40. The van der Waals surface area contributed by atoms with E-state index in [9.17, 15) is 0 Å². The maximum Gasteiger partial charge on any atom is 0.159 e. The van der Waals surface area contributed by atoms with Crippen molar-refractivity contribution in [2.75, 3.05) is 11.9 Å². The number of aromatic nitrogens is 4. The third kappa shape index (κ3) is 2.38. The Bertz CT molecular complexity index is 494. The highest BCUT2D eigenvalue weighted by atomic mass is 79.9. The number of hydrogen-bond acceptors (Lipinski definition) is 4. The van der Waals surface area contributed by atoms with Crippen molar-refractivity contribution in [2.45, 2.75) is 13.8 Å². The van der Waals surface area contributed by atoms with Crippen molar-refractivity contribution in [3.05, 3.63) is 28.8 Å². The number of rotatable bonds is 3. The van der Waals surface area contributed by atoms with E-state index in [0.717, 1.165) is 28.5 Å². The van der Waals surface area contributed by atoms with E-state index in [2.05, 4.69) is 36.3 Å². The van der Waals surface area contributed by atoms with Crippen LogP contribution < -0.4 is 5.32 Å². The normalized spacial score (nSPS) is 10.4. The second-order valence-corrected chi connectivity index (χ2v) is 4.21. The minimum Gasteiger partial charge on any atom is -0.370 e. The van der Waals surface area contributed by atoms with Crippen molar-refractivity contribution in [3.8, 4) is 5.82 Å². The molecule has 0 fully saturated rings. The van der Waals surface area contributed by atoms with Crippen LogP contribution in [0.25, 0.3) is 5.82 Å². The van der Waals surface area contributed by atoms with E-state index in [-0.39, 0.29) is 0 Å². The lowest BCUT2D eigenvalue weighted by molar-refractivity contribution is 0.828. The highest BCUT2D eigenvalue weighted by molar-refractivity contribution is 9.10. The Morgan fingerprint density at radius 3 is 2.88 bits per heavy atom. The molecule has 2 heterocycles. The van der Waals surface area contributed by atoms with Gasteiger partial charge in [0.25, 0.3) is 0 Å². The molecular weight excluding hydrogens is 270 g/mol. The van der Waals surface area contributed by atoms with Crippen LogP contribution in [0.3, 0.4) is 0 Å². The van der Waals surface area contributed by atoms with E-state index in [0.29, 0.717) is 0 Å². The summed E-state index contributed by atoms with van der Waals surface area (Å²) in [5, 5.41) is 7.34. The quantitative estimate of drug-likeness (QED) is 0.937. The van der Waals surface area contributed by atoms with Gasteiger partial charge in [0.05, 0.1) is 10.7 Å². The molecule has 0 bridgehead atoms. The van der Waals surface area contributed by atoms with Crippen molar-refractivity contribution in [3.63, 3.8) is 0 Å². The second kappa shape index (κ2) is 4.61. The lowest BCUT2D eigenvalue weighted by atomic mass is 10.5. The molecule has 1 N–H and O–H groups in total. The number of nitrogens with zero attached hydrogens (tertiary/aromatic N) is 4. The van der Waals surface area contributed by atoms with Gasteiger partial charge in [-0.15, -0.1) is 0 Å². The van der Waals surface area contributed by atoms with Gasteiger partial charge in [-0.05, 0) is 29.8 Å². The van der Waals surface area contributed by atoms with E-state index in [1.807, 2.05) is 26.1 Å². The first-order chi connectivity index (χ1) is 7.69. The van der Waals surface area contributed by atoms with Gasteiger partial charge in [-0.1, -0.05) is 0 Å². The van der Waals surface area contributed by atoms with Crippen LogP contribution in [-0.4, -0.2) is 26.3 Å². The monoisotopic (exact) mass is 281 g/mol. The van der Waals surface area contributed by atoms with E-state index in [1.165, 1.54) is 0 Å². The zero-order chi connectivity index (χ0) is 11.5. The first-order valence-electron chi connectivity index (χ1n) is 4.99. The zero-order valence-corrected chi connectivity index (χ0v) is 10.7. The minimum atomic E-state index is 0.722. The van der Waals surface area contributed by atoms with Crippen LogP contribution in [0.4, 0.5) is 5.82 Å². The van der Waals surface area contributed by atoms with Gasteiger partial charge in [0, 0.05) is 18.8 Å². The topological polar surface area (TPSA) is 55.6 Å². The Labute approximate surface area is 102 Å². The average Bonchev–Trinajstić information content (AvgIpc) is 2.64. The number of anilines is 1. The predicted molar refractivity (Wildman–Crippen MR) is 65.8 cm³/mol. The van der Waals surface area contributed by atoms with Gasteiger partial charge in [-0.2, -0.15) is 5.10 Å². The van der Waals surface area contributed by atoms with Gasteiger partial charge < -0.3 is 5.32 Å². The molecule has 0 saturated heterocycles. The van der Waals surface area contributed by atoms with Crippen molar-refractivity contribution >= 4 is 21.7 Å². The molecule has 2 rings (SSSR count). The third-order valence-electron chi connectivity index (χ3n) is 1.97. The van der Waals surface area contributed by atoms with Crippen LogP contribution >= 0.6 is 15.9 Å². The van der Waals surface area contributed by atoms with Crippen LogP contribution in [-0.2, 0) is 0 Å². The minimum absolute atomic E-state index is 0.722. The summed E-state index contributed by atoms with van der Waals surface area (Å²) in [5.41, 5.74) is 0. The van der Waals surface area contributed by atoms with E-state index in [4.69, 9.17) is 0 Å². The number of aryl methyl sites for hydroxylation is 1. The van der Waals surface area contributed by atoms with Crippen LogP contribution in [0.15, 0.2) is 22.9 Å². The SMILES string of the molecule is CCNc1cc(-n2cc(Br)cn2)nc(C)n1. The van der Waals surface area contributed by atoms with Gasteiger partial charge >= 0.3 is 0 Å². The summed E-state index contributed by atoms with van der Waals surface area (Å²) in [6.45, 7) is 4.73. The molecule has 5 nitrogen and oxygen atoms in total. The lowest BCUT2D eigenvalue weighted by Crippen LogP contribution is -2.06. The molecule has 0 aliphatic carbocycles. The third-order valence-corrected chi connectivity index (χ3v) is 2.38. The maximum atomic E-state index is 4.33. The molecule has 0 aliphatic heterocycles. The van der Waals surface area contributed by atoms with Crippen LogP contribution in [0.2, 0.25) is 0 Å². The van der Waals surface area contributed by atoms with Crippen molar-refractivity contribution in [2.24, 2.45) is 0 Å². The van der Waals surface area contributed by atoms with Crippen LogP contribution in [0.5, 0.6) is 0 Å². The molecule has 0 amide bonds. The van der Waals surface area contributed by atoms with Gasteiger partial charge in [0.1, 0.15) is 11.6 Å². The Morgan fingerprint density at radius 2 is 2.25 bits per heavy atom. The molecule has 0 aromatic carbocycles. The van der Waals surface area contributed by atoms with Gasteiger partial charge in [0.15, 0.2) is 5.82 Å². The highest BCUT2D eigenvalue weighted by Crippen LogP contribution is 2.13. The number of hydrogen-bond donors (Lipinski definition) is 1. The Morgan fingerprint density at radius 1 is 1.44 bits per heavy atom. The molecule has 6 heteroatoms. The van der Waals surface area contributed by atoms with Crippen molar-refractivity contribution in [1.82, 2.24) is 19.7 Å². The summed E-state index contributed by atoms with van der Waals surface area (Å²) in [5.74, 6) is 2.30. The fourth-order valence-electron chi connectivity index (χ4n) is 1.37. The molecule has 2 aromatic heterocycles. The molecule has 84 valence electrons. The maximum absolute atomic E-state index is 4.33. The van der Waals surface area contributed by atoms with E-state index < -0.39 is 0 Å². The van der Waals surface area contributed by atoms with E-state index >= 15 is 0 Å². The molecule has 0 aliphatic rings. The predicted octanol–water partition coefficient (Wildman–Crippen LogP) is 2.17. The van der Waals surface area contributed by atoms with Crippen LogP contribution in [0.1, 0.15) is 12.7 Å². The smallest absolute Gasteiger partial charge is 0.159 e. The summed E-state index contributed by atoms with van der Waals surface area (Å²) >= 11 is 3.35. The molecular formula is C10H12BrN5.